The summed E-state index contributed by atoms with van der Waals surface area (Å²) in [6.45, 7) is 3.63. The molecule has 7 nitrogen and oxygen atoms in total. The molecule has 0 saturated carbocycles. The maximum atomic E-state index is 11.9. The Morgan fingerprint density at radius 1 is 1.07 bits per heavy atom. The topological polar surface area (TPSA) is 105 Å². The number of hydrogen-bond donors (Lipinski definition) is 1. The summed E-state index contributed by atoms with van der Waals surface area (Å²) in [5, 5.41) is 26.9. The molecule has 2 aromatic carbocycles. The summed E-state index contributed by atoms with van der Waals surface area (Å²) in [5.41, 5.74) is 3.06. The molecule has 0 aliphatic carbocycles. The highest BCUT2D eigenvalue weighted by atomic mass is 16.5. The van der Waals surface area contributed by atoms with Gasteiger partial charge in [0.15, 0.2) is 11.5 Å². The molecule has 3 aromatic rings. The lowest BCUT2D eigenvalue weighted by Gasteiger charge is -2.14. The standard InChI is InChI=1S/C21H17N3O4/c1-12-4-7-15(8-5-12)19-13(2)18(21(25)26)20(24-23-19)28-16-9-6-14(11-22)10-17(16)27-3/h4-10H,1-3H3,(H,25,26). The molecule has 140 valence electrons. The molecule has 3 rings (SSSR count). The molecule has 0 spiro atoms. The van der Waals surface area contributed by atoms with Crippen LogP contribution in [0.3, 0.4) is 0 Å². The Balaban J connectivity index is 2.08. The second kappa shape index (κ2) is 7.76. The van der Waals surface area contributed by atoms with Crippen LogP contribution in [0.25, 0.3) is 11.3 Å². The molecular formula is C21H17N3O4. The second-order valence-electron chi connectivity index (χ2n) is 6.10. The van der Waals surface area contributed by atoms with Crippen LogP contribution >= 0.6 is 0 Å². The minimum Gasteiger partial charge on any atom is -0.493 e. The molecule has 0 unspecified atom stereocenters. The predicted octanol–water partition coefficient (Wildman–Crippen LogP) is 4.13. The van der Waals surface area contributed by atoms with Gasteiger partial charge in [0.1, 0.15) is 5.56 Å². The van der Waals surface area contributed by atoms with E-state index in [9.17, 15) is 9.90 Å². The van der Waals surface area contributed by atoms with Crippen molar-refractivity contribution in [2.24, 2.45) is 0 Å². The SMILES string of the molecule is COc1cc(C#N)ccc1Oc1nnc(-c2ccc(C)cc2)c(C)c1C(=O)O. The molecule has 0 aliphatic rings. The third-order valence-electron chi connectivity index (χ3n) is 4.22. The van der Waals surface area contributed by atoms with E-state index in [-0.39, 0.29) is 22.9 Å². The lowest BCUT2D eigenvalue weighted by molar-refractivity contribution is 0.0692. The molecule has 0 bridgehead atoms. The Hall–Kier alpha value is -3.92. The quantitative estimate of drug-likeness (QED) is 0.714. The summed E-state index contributed by atoms with van der Waals surface area (Å²) in [7, 11) is 1.43. The van der Waals surface area contributed by atoms with E-state index in [0.29, 0.717) is 16.8 Å². The van der Waals surface area contributed by atoms with Crippen LogP contribution in [0.5, 0.6) is 17.4 Å². The van der Waals surface area contributed by atoms with Crippen LogP contribution in [0.2, 0.25) is 0 Å². The van der Waals surface area contributed by atoms with E-state index in [1.165, 1.54) is 19.2 Å². The number of hydrogen-bond acceptors (Lipinski definition) is 6. The number of aryl methyl sites for hydroxylation is 1. The Kier molecular flexibility index (Phi) is 5.23. The third kappa shape index (κ3) is 3.62. The van der Waals surface area contributed by atoms with Crippen LogP contribution in [0.1, 0.15) is 27.0 Å². The van der Waals surface area contributed by atoms with Gasteiger partial charge in [0.05, 0.1) is 24.4 Å². The molecule has 28 heavy (non-hydrogen) atoms. The van der Waals surface area contributed by atoms with Crippen molar-refractivity contribution in [2.45, 2.75) is 13.8 Å². The summed E-state index contributed by atoms with van der Waals surface area (Å²) >= 11 is 0. The first-order valence-corrected chi connectivity index (χ1v) is 8.38. The molecule has 0 saturated heterocycles. The lowest BCUT2D eigenvalue weighted by Crippen LogP contribution is -2.09. The normalized spacial score (nSPS) is 10.2. The second-order valence-corrected chi connectivity index (χ2v) is 6.10. The maximum absolute atomic E-state index is 11.9. The first-order chi connectivity index (χ1) is 13.4. The Bertz CT molecular complexity index is 1090. The van der Waals surface area contributed by atoms with E-state index >= 15 is 0 Å². The fourth-order valence-electron chi connectivity index (χ4n) is 2.73. The van der Waals surface area contributed by atoms with Gasteiger partial charge in [-0.1, -0.05) is 29.8 Å². The van der Waals surface area contributed by atoms with Crippen molar-refractivity contribution in [2.75, 3.05) is 7.11 Å². The van der Waals surface area contributed by atoms with Crippen molar-refractivity contribution < 1.29 is 19.4 Å². The number of carboxylic acid groups (broad SMARTS) is 1. The summed E-state index contributed by atoms with van der Waals surface area (Å²) in [6.07, 6.45) is 0. The van der Waals surface area contributed by atoms with Gasteiger partial charge in [-0.15, -0.1) is 10.2 Å². The summed E-state index contributed by atoms with van der Waals surface area (Å²) in [4.78, 5) is 11.9. The van der Waals surface area contributed by atoms with Gasteiger partial charge >= 0.3 is 5.97 Å². The van der Waals surface area contributed by atoms with Crippen LogP contribution in [-0.4, -0.2) is 28.4 Å². The lowest BCUT2D eigenvalue weighted by atomic mass is 10.0. The third-order valence-corrected chi connectivity index (χ3v) is 4.22. The highest BCUT2D eigenvalue weighted by molar-refractivity contribution is 5.93. The van der Waals surface area contributed by atoms with Crippen molar-refractivity contribution in [1.82, 2.24) is 10.2 Å². The molecule has 1 N–H and O–H groups in total. The fraction of sp³-hybridized carbons (Fsp3) is 0.143. The first-order valence-electron chi connectivity index (χ1n) is 8.38. The number of nitrogens with zero attached hydrogens (tertiary/aromatic N) is 3. The monoisotopic (exact) mass is 375 g/mol. The molecular weight excluding hydrogens is 358 g/mol. The van der Waals surface area contributed by atoms with E-state index in [4.69, 9.17) is 14.7 Å². The molecule has 0 radical (unpaired) electrons. The van der Waals surface area contributed by atoms with Crippen LogP contribution in [0, 0.1) is 25.2 Å². The number of aromatic carboxylic acids is 1. The molecule has 7 heteroatoms. The van der Waals surface area contributed by atoms with Gasteiger partial charge in [0, 0.05) is 11.6 Å². The van der Waals surface area contributed by atoms with Gasteiger partial charge in [-0.3, -0.25) is 0 Å². The largest absolute Gasteiger partial charge is 0.493 e. The zero-order chi connectivity index (χ0) is 20.3. The summed E-state index contributed by atoms with van der Waals surface area (Å²) in [5.74, 6) is -0.800. The average Bonchev–Trinajstić information content (AvgIpc) is 2.69. The van der Waals surface area contributed by atoms with E-state index < -0.39 is 5.97 Å². The molecule has 0 atom stereocenters. The van der Waals surface area contributed by atoms with Gasteiger partial charge in [0.25, 0.3) is 5.88 Å². The zero-order valence-corrected chi connectivity index (χ0v) is 15.6. The minimum absolute atomic E-state index is 0.0861. The van der Waals surface area contributed by atoms with Crippen LogP contribution < -0.4 is 9.47 Å². The number of carboxylic acids is 1. The van der Waals surface area contributed by atoms with E-state index in [0.717, 1.165) is 11.1 Å². The van der Waals surface area contributed by atoms with Crippen molar-refractivity contribution in [1.29, 1.82) is 5.26 Å². The molecule has 0 fully saturated rings. The van der Waals surface area contributed by atoms with Crippen LogP contribution in [0.15, 0.2) is 42.5 Å². The Morgan fingerprint density at radius 3 is 2.39 bits per heavy atom. The average molecular weight is 375 g/mol. The van der Waals surface area contributed by atoms with E-state index in [2.05, 4.69) is 10.2 Å². The Labute approximate surface area is 161 Å². The highest BCUT2D eigenvalue weighted by Gasteiger charge is 2.23. The fourth-order valence-corrected chi connectivity index (χ4v) is 2.73. The van der Waals surface area contributed by atoms with Gasteiger partial charge in [0.2, 0.25) is 0 Å². The Morgan fingerprint density at radius 2 is 1.79 bits per heavy atom. The van der Waals surface area contributed by atoms with Gasteiger partial charge < -0.3 is 14.6 Å². The first kappa shape index (κ1) is 18.9. The minimum atomic E-state index is -1.18. The number of aromatic nitrogens is 2. The number of rotatable bonds is 5. The molecule has 1 heterocycles. The maximum Gasteiger partial charge on any atom is 0.341 e. The highest BCUT2D eigenvalue weighted by Crippen LogP contribution is 2.35. The molecule has 0 amide bonds. The van der Waals surface area contributed by atoms with E-state index in [1.54, 1.807) is 13.0 Å². The molecule has 0 aliphatic heterocycles. The smallest absolute Gasteiger partial charge is 0.341 e. The van der Waals surface area contributed by atoms with Crippen molar-refractivity contribution in [3.05, 3.63) is 64.7 Å². The van der Waals surface area contributed by atoms with Crippen molar-refractivity contribution >= 4 is 5.97 Å². The zero-order valence-electron chi connectivity index (χ0n) is 15.6. The number of methoxy groups -OCH3 is 1. The number of benzene rings is 2. The van der Waals surface area contributed by atoms with Gasteiger partial charge in [-0.2, -0.15) is 5.26 Å². The van der Waals surface area contributed by atoms with Crippen LogP contribution in [0.4, 0.5) is 0 Å². The van der Waals surface area contributed by atoms with Crippen molar-refractivity contribution in [3.63, 3.8) is 0 Å². The van der Waals surface area contributed by atoms with Crippen LogP contribution in [-0.2, 0) is 0 Å². The summed E-state index contributed by atoms with van der Waals surface area (Å²) in [6, 6.07) is 14.1. The van der Waals surface area contributed by atoms with Crippen molar-refractivity contribution in [3.8, 4) is 34.7 Å². The molecule has 1 aromatic heterocycles. The number of ether oxygens (including phenoxy) is 2. The summed E-state index contributed by atoms with van der Waals surface area (Å²) < 4.78 is 10.9. The van der Waals surface area contributed by atoms with Gasteiger partial charge in [-0.25, -0.2) is 4.79 Å². The van der Waals surface area contributed by atoms with E-state index in [1.807, 2.05) is 37.3 Å². The van der Waals surface area contributed by atoms with Gasteiger partial charge in [-0.05, 0) is 31.5 Å². The number of nitriles is 1. The number of carbonyl (C=O) groups is 1. The predicted molar refractivity (Wildman–Crippen MR) is 102 cm³/mol.